The third kappa shape index (κ3) is 2.79. The van der Waals surface area contributed by atoms with Crippen LogP contribution in [0.25, 0.3) is 0 Å². The molecule has 0 aliphatic heterocycles. The summed E-state index contributed by atoms with van der Waals surface area (Å²) in [5.74, 6) is 0.00745. The molecule has 14 heavy (non-hydrogen) atoms. The topological polar surface area (TPSA) is 70.8 Å². The van der Waals surface area contributed by atoms with E-state index in [1.807, 2.05) is 6.07 Å². The van der Waals surface area contributed by atoms with Gasteiger partial charge in [0.2, 0.25) is 14.2 Å². The third-order valence-corrected chi connectivity index (χ3v) is 4.82. The number of unbranched alkanes of at least 4 members (excludes halogenated alkanes) is 1. The molecule has 0 spiro atoms. The number of aryl methyl sites for hydroxylation is 1. The van der Waals surface area contributed by atoms with Crippen molar-refractivity contribution >= 4 is 21.2 Å². The van der Waals surface area contributed by atoms with Gasteiger partial charge < -0.3 is 0 Å². The van der Waals surface area contributed by atoms with Crippen LogP contribution >= 0.6 is 11.3 Å². The monoisotopic (exact) mass is 230 g/mol. The van der Waals surface area contributed by atoms with E-state index < -0.39 is 9.84 Å². The Hall–Kier alpha value is -0.930. The van der Waals surface area contributed by atoms with Crippen molar-refractivity contribution in [2.45, 2.75) is 24.1 Å². The minimum Gasteiger partial charge on any atom is -0.231 e. The van der Waals surface area contributed by atoms with Crippen LogP contribution in [0.2, 0.25) is 0 Å². The molecule has 0 fully saturated rings. The van der Waals surface area contributed by atoms with Crippen molar-refractivity contribution in [3.8, 4) is 6.07 Å². The molecule has 1 aromatic rings. The van der Waals surface area contributed by atoms with E-state index in [1.54, 1.807) is 12.3 Å². The van der Waals surface area contributed by atoms with Gasteiger partial charge in [-0.2, -0.15) is 5.26 Å². The molecule has 0 saturated carbocycles. The highest BCUT2D eigenvalue weighted by molar-refractivity contribution is 7.93. The lowest BCUT2D eigenvalue weighted by Crippen LogP contribution is -2.06. The normalized spacial score (nSPS) is 11.1. The third-order valence-electron chi connectivity index (χ3n) is 1.57. The van der Waals surface area contributed by atoms with Crippen LogP contribution in [0.15, 0.2) is 9.72 Å². The van der Waals surface area contributed by atoms with E-state index in [-0.39, 0.29) is 16.5 Å². The first-order valence-corrected chi connectivity index (χ1v) is 6.61. The Kier molecular flexibility index (Phi) is 3.61. The van der Waals surface area contributed by atoms with Crippen LogP contribution in [0.4, 0.5) is 0 Å². The molecule has 0 N–H and O–H groups in total. The van der Waals surface area contributed by atoms with Crippen molar-refractivity contribution in [3.05, 3.63) is 11.1 Å². The number of sulfone groups is 1. The molecule has 1 heterocycles. The zero-order valence-electron chi connectivity index (χ0n) is 7.73. The van der Waals surface area contributed by atoms with E-state index in [1.165, 1.54) is 0 Å². The second kappa shape index (κ2) is 4.53. The van der Waals surface area contributed by atoms with Crippen molar-refractivity contribution in [3.63, 3.8) is 0 Å². The molecule has 0 unspecified atom stereocenters. The molecule has 0 bridgehead atoms. The number of thiazole rings is 1. The van der Waals surface area contributed by atoms with Crippen LogP contribution in [0, 0.1) is 18.3 Å². The Bertz CT molecular complexity index is 442. The zero-order chi connectivity index (χ0) is 10.6. The van der Waals surface area contributed by atoms with Crippen molar-refractivity contribution in [1.29, 1.82) is 5.26 Å². The number of hydrogen-bond donors (Lipinski definition) is 0. The average molecular weight is 230 g/mol. The number of nitriles is 1. The summed E-state index contributed by atoms with van der Waals surface area (Å²) in [6.45, 7) is 1.75. The van der Waals surface area contributed by atoms with Gasteiger partial charge in [-0.3, -0.25) is 0 Å². The fourth-order valence-electron chi connectivity index (χ4n) is 0.904. The van der Waals surface area contributed by atoms with E-state index in [4.69, 9.17) is 5.26 Å². The molecule has 0 aliphatic rings. The standard InChI is InChI=1S/C8H10N2O2S2/c1-7-6-13-8(10-7)14(11,12)5-3-2-4-9/h6H,2-3,5H2,1H3. The lowest BCUT2D eigenvalue weighted by molar-refractivity contribution is 0.592. The first kappa shape index (κ1) is 11.1. The lowest BCUT2D eigenvalue weighted by Gasteiger charge is -1.96. The van der Waals surface area contributed by atoms with Gasteiger partial charge in [-0.25, -0.2) is 13.4 Å². The summed E-state index contributed by atoms with van der Waals surface area (Å²) in [4.78, 5) is 3.91. The van der Waals surface area contributed by atoms with Gasteiger partial charge >= 0.3 is 0 Å². The van der Waals surface area contributed by atoms with Gasteiger partial charge in [-0.1, -0.05) is 0 Å². The van der Waals surface area contributed by atoms with Crippen LogP contribution in [-0.4, -0.2) is 19.2 Å². The predicted octanol–water partition coefficient (Wildman–Crippen LogP) is 1.53. The van der Waals surface area contributed by atoms with E-state index in [0.29, 0.717) is 12.1 Å². The van der Waals surface area contributed by atoms with Crippen molar-refractivity contribution in [2.24, 2.45) is 0 Å². The summed E-state index contributed by atoms with van der Waals surface area (Å²) in [5.41, 5.74) is 0.717. The van der Waals surface area contributed by atoms with Crippen molar-refractivity contribution < 1.29 is 8.42 Å². The first-order chi connectivity index (χ1) is 6.56. The minimum atomic E-state index is -3.26. The maximum atomic E-state index is 11.6. The predicted molar refractivity (Wildman–Crippen MR) is 53.8 cm³/mol. The highest BCUT2D eigenvalue weighted by atomic mass is 32.2. The molecule has 0 aromatic carbocycles. The van der Waals surface area contributed by atoms with Gasteiger partial charge in [-0.15, -0.1) is 11.3 Å². The minimum absolute atomic E-state index is 0.00745. The van der Waals surface area contributed by atoms with Gasteiger partial charge in [0.05, 0.1) is 11.8 Å². The Labute approximate surface area is 87.1 Å². The van der Waals surface area contributed by atoms with Crippen LogP contribution in [-0.2, 0) is 9.84 Å². The molecule has 0 radical (unpaired) electrons. The molecule has 1 rings (SSSR count). The molecular weight excluding hydrogens is 220 g/mol. The van der Waals surface area contributed by atoms with E-state index in [2.05, 4.69) is 4.98 Å². The molecule has 0 amide bonds. The first-order valence-electron chi connectivity index (χ1n) is 4.08. The van der Waals surface area contributed by atoms with Gasteiger partial charge in [-0.05, 0) is 13.3 Å². The second-order valence-electron chi connectivity index (χ2n) is 2.84. The molecule has 0 saturated heterocycles. The molecule has 0 aliphatic carbocycles. The van der Waals surface area contributed by atoms with Crippen LogP contribution in [0.1, 0.15) is 18.5 Å². The van der Waals surface area contributed by atoms with Crippen molar-refractivity contribution in [1.82, 2.24) is 4.98 Å². The summed E-state index contributed by atoms with van der Waals surface area (Å²) < 4.78 is 23.3. The second-order valence-corrected chi connectivity index (χ2v) is 5.98. The van der Waals surface area contributed by atoms with E-state index >= 15 is 0 Å². The van der Waals surface area contributed by atoms with Gasteiger partial charge in [0.15, 0.2) is 0 Å². The summed E-state index contributed by atoms with van der Waals surface area (Å²) in [6, 6.07) is 1.92. The highest BCUT2D eigenvalue weighted by Crippen LogP contribution is 2.17. The zero-order valence-corrected chi connectivity index (χ0v) is 9.36. The molecule has 76 valence electrons. The molecule has 6 heteroatoms. The largest absolute Gasteiger partial charge is 0.231 e. The van der Waals surface area contributed by atoms with Crippen LogP contribution in [0.5, 0.6) is 0 Å². The smallest absolute Gasteiger partial charge is 0.209 e. The van der Waals surface area contributed by atoms with Crippen LogP contribution in [0.3, 0.4) is 0 Å². The summed E-state index contributed by atoms with van der Waals surface area (Å²) in [6.07, 6.45) is 0.640. The Morgan fingerprint density at radius 2 is 2.36 bits per heavy atom. The SMILES string of the molecule is Cc1csc(S(=O)(=O)CCCC#N)n1. The maximum Gasteiger partial charge on any atom is 0.209 e. The Balaban J connectivity index is 2.72. The fraction of sp³-hybridized carbons (Fsp3) is 0.500. The van der Waals surface area contributed by atoms with Crippen LogP contribution < -0.4 is 0 Å². The summed E-state index contributed by atoms with van der Waals surface area (Å²) in [5, 5.41) is 9.99. The lowest BCUT2D eigenvalue weighted by atomic mass is 10.4. The van der Waals surface area contributed by atoms with Gasteiger partial charge in [0.25, 0.3) is 0 Å². The maximum absolute atomic E-state index is 11.6. The average Bonchev–Trinajstić information content (AvgIpc) is 2.53. The summed E-state index contributed by atoms with van der Waals surface area (Å²) >= 11 is 1.13. The van der Waals surface area contributed by atoms with Crippen molar-refractivity contribution in [2.75, 3.05) is 5.75 Å². The quantitative estimate of drug-likeness (QED) is 0.735. The Morgan fingerprint density at radius 1 is 1.64 bits per heavy atom. The number of hydrogen-bond acceptors (Lipinski definition) is 5. The highest BCUT2D eigenvalue weighted by Gasteiger charge is 2.17. The molecule has 0 atom stereocenters. The summed E-state index contributed by atoms with van der Waals surface area (Å²) in [7, 11) is -3.26. The van der Waals surface area contributed by atoms with E-state index in [0.717, 1.165) is 11.3 Å². The van der Waals surface area contributed by atoms with Gasteiger partial charge in [0, 0.05) is 17.5 Å². The fourth-order valence-corrected chi connectivity index (χ4v) is 3.39. The number of aromatic nitrogens is 1. The molecule has 1 aromatic heterocycles. The molecule has 4 nitrogen and oxygen atoms in total. The van der Waals surface area contributed by atoms with E-state index in [9.17, 15) is 8.42 Å². The number of rotatable bonds is 4. The Morgan fingerprint density at radius 3 is 2.86 bits per heavy atom. The molecular formula is C8H10N2O2S2. The number of nitrogens with zero attached hydrogens (tertiary/aromatic N) is 2. The van der Waals surface area contributed by atoms with Gasteiger partial charge in [0.1, 0.15) is 0 Å².